The fraction of sp³-hybridized carbons (Fsp3) is 0.688. The van der Waals surface area contributed by atoms with Crippen LogP contribution in [0.2, 0.25) is 4.34 Å². The van der Waals surface area contributed by atoms with Crippen molar-refractivity contribution in [3.63, 3.8) is 0 Å². The summed E-state index contributed by atoms with van der Waals surface area (Å²) in [4.78, 5) is 4.46. The van der Waals surface area contributed by atoms with Crippen molar-refractivity contribution in [1.29, 1.82) is 0 Å². The molecule has 162 valence electrons. The van der Waals surface area contributed by atoms with Crippen molar-refractivity contribution in [2.45, 2.75) is 30.1 Å². The first-order valence-electron chi connectivity index (χ1n) is 8.98. The molecule has 1 aliphatic rings. The van der Waals surface area contributed by atoms with Gasteiger partial charge in [-0.15, -0.1) is 35.3 Å². The molecule has 28 heavy (non-hydrogen) atoms. The lowest BCUT2D eigenvalue weighted by molar-refractivity contribution is 0.0424. The maximum absolute atomic E-state index is 12.1. The number of sulfonamides is 1. The zero-order chi connectivity index (χ0) is 19.5. The number of nitrogens with zero attached hydrogens (tertiary/aromatic N) is 1. The zero-order valence-electron chi connectivity index (χ0n) is 15.8. The van der Waals surface area contributed by atoms with Gasteiger partial charge in [0.1, 0.15) is 4.21 Å². The SMILES string of the molecule is CCNC(=NCCCOC1CCOC1)NCCNS(=O)(=O)c1ccc(Cl)s1.I. The standard InChI is InChI=1S/C16H27ClN4O4S2.HI/c1-2-18-16(19-7-3-10-25-13-6-11-24-12-13)20-8-9-21-27(22,23)15-5-4-14(17)26-15;/h4-5,13,21H,2-3,6-12H2,1H3,(H2,18,19,20);1H. The van der Waals surface area contributed by atoms with E-state index in [4.69, 9.17) is 21.1 Å². The molecule has 0 bridgehead atoms. The first kappa shape index (κ1) is 25.9. The Morgan fingerprint density at radius 1 is 1.39 bits per heavy atom. The second-order valence-electron chi connectivity index (χ2n) is 5.85. The summed E-state index contributed by atoms with van der Waals surface area (Å²) in [5, 5.41) is 6.24. The van der Waals surface area contributed by atoms with Crippen LogP contribution in [0.15, 0.2) is 21.3 Å². The third-order valence-electron chi connectivity index (χ3n) is 3.68. The highest BCUT2D eigenvalue weighted by Crippen LogP contribution is 2.25. The van der Waals surface area contributed by atoms with Crippen LogP contribution in [0.3, 0.4) is 0 Å². The molecule has 12 heteroatoms. The Bertz CT molecular complexity index is 697. The third-order valence-corrected chi connectivity index (χ3v) is 6.86. The molecule has 2 rings (SSSR count). The highest BCUT2D eigenvalue weighted by Gasteiger charge is 2.16. The van der Waals surface area contributed by atoms with Crippen LogP contribution in [0, 0.1) is 0 Å². The van der Waals surface area contributed by atoms with Gasteiger partial charge in [0.2, 0.25) is 10.0 Å². The molecule has 2 heterocycles. The molecule has 0 amide bonds. The number of halogens is 2. The summed E-state index contributed by atoms with van der Waals surface area (Å²) in [5.74, 6) is 0.653. The molecule has 1 saturated heterocycles. The monoisotopic (exact) mass is 566 g/mol. The molecule has 1 unspecified atom stereocenters. The molecule has 1 aromatic heterocycles. The first-order chi connectivity index (χ1) is 13.0. The molecule has 0 aliphatic carbocycles. The zero-order valence-corrected chi connectivity index (χ0v) is 20.5. The van der Waals surface area contributed by atoms with Gasteiger partial charge in [0, 0.05) is 39.4 Å². The summed E-state index contributed by atoms with van der Waals surface area (Å²) < 4.78 is 38.4. The molecule has 8 nitrogen and oxygen atoms in total. The second-order valence-corrected chi connectivity index (χ2v) is 9.56. The van der Waals surface area contributed by atoms with Gasteiger partial charge in [0.15, 0.2) is 5.96 Å². The average Bonchev–Trinajstić information content (AvgIpc) is 3.30. The van der Waals surface area contributed by atoms with E-state index in [0.29, 0.717) is 36.6 Å². The topological polar surface area (TPSA) is 101 Å². The van der Waals surface area contributed by atoms with Crippen LogP contribution in [0.4, 0.5) is 0 Å². The predicted molar refractivity (Wildman–Crippen MR) is 124 cm³/mol. The molecule has 0 radical (unpaired) electrons. The predicted octanol–water partition coefficient (Wildman–Crippen LogP) is 2.05. The van der Waals surface area contributed by atoms with Crippen molar-refractivity contribution in [2.24, 2.45) is 4.99 Å². The van der Waals surface area contributed by atoms with Crippen molar-refractivity contribution in [3.8, 4) is 0 Å². The Kier molecular flexibility index (Phi) is 12.9. The molecular weight excluding hydrogens is 539 g/mol. The van der Waals surface area contributed by atoms with Crippen molar-refractivity contribution in [2.75, 3.05) is 46.0 Å². The lowest BCUT2D eigenvalue weighted by atomic mass is 10.3. The van der Waals surface area contributed by atoms with Crippen molar-refractivity contribution in [1.82, 2.24) is 15.4 Å². The minimum atomic E-state index is -3.53. The summed E-state index contributed by atoms with van der Waals surface area (Å²) in [7, 11) is -3.53. The number of hydrogen-bond acceptors (Lipinski definition) is 6. The van der Waals surface area contributed by atoms with E-state index in [1.165, 1.54) is 6.07 Å². The number of rotatable bonds is 11. The number of nitrogens with one attached hydrogen (secondary N) is 3. The Hall–Kier alpha value is -0.180. The quantitative estimate of drug-likeness (QED) is 0.164. The lowest BCUT2D eigenvalue weighted by Crippen LogP contribution is -2.41. The summed E-state index contributed by atoms with van der Waals surface area (Å²) in [6.45, 7) is 6.10. The summed E-state index contributed by atoms with van der Waals surface area (Å²) in [5.41, 5.74) is 0. The van der Waals surface area contributed by atoms with Gasteiger partial charge in [-0.05, 0) is 31.9 Å². The summed E-state index contributed by atoms with van der Waals surface area (Å²) >= 11 is 6.82. The average molecular weight is 567 g/mol. The van der Waals surface area contributed by atoms with Crippen LogP contribution in [0.5, 0.6) is 0 Å². The van der Waals surface area contributed by atoms with Gasteiger partial charge < -0.3 is 20.1 Å². The summed E-state index contributed by atoms with van der Waals surface area (Å²) in [6.07, 6.45) is 1.99. The van der Waals surface area contributed by atoms with Crippen molar-refractivity contribution >= 4 is 62.9 Å². The van der Waals surface area contributed by atoms with Crippen molar-refractivity contribution < 1.29 is 17.9 Å². The molecule has 1 atom stereocenters. The van der Waals surface area contributed by atoms with Gasteiger partial charge in [-0.3, -0.25) is 4.99 Å². The van der Waals surface area contributed by atoms with Crippen LogP contribution in [-0.4, -0.2) is 66.5 Å². The maximum Gasteiger partial charge on any atom is 0.250 e. The van der Waals surface area contributed by atoms with E-state index < -0.39 is 10.0 Å². The van der Waals surface area contributed by atoms with E-state index in [0.717, 1.165) is 37.3 Å². The van der Waals surface area contributed by atoms with E-state index in [1.807, 2.05) is 6.92 Å². The van der Waals surface area contributed by atoms with E-state index in [2.05, 4.69) is 20.3 Å². The highest BCUT2D eigenvalue weighted by molar-refractivity contribution is 14.0. The number of guanidine groups is 1. The van der Waals surface area contributed by atoms with Gasteiger partial charge in [0.05, 0.1) is 17.0 Å². The molecule has 0 saturated carbocycles. The van der Waals surface area contributed by atoms with Gasteiger partial charge >= 0.3 is 0 Å². The third kappa shape index (κ3) is 9.55. The largest absolute Gasteiger partial charge is 0.379 e. The number of hydrogen-bond donors (Lipinski definition) is 3. The molecular formula is C16H28ClIN4O4S2. The maximum atomic E-state index is 12.1. The Labute approximate surface area is 192 Å². The van der Waals surface area contributed by atoms with Gasteiger partial charge in [-0.25, -0.2) is 13.1 Å². The normalized spacial score (nSPS) is 17.4. The molecule has 1 aromatic rings. The van der Waals surface area contributed by atoms with Crippen LogP contribution in [-0.2, 0) is 19.5 Å². The number of ether oxygens (including phenoxy) is 2. The molecule has 0 aromatic carbocycles. The van der Waals surface area contributed by atoms with Gasteiger partial charge in [0.25, 0.3) is 0 Å². The fourth-order valence-electron chi connectivity index (χ4n) is 2.37. The molecule has 0 spiro atoms. The minimum absolute atomic E-state index is 0. The summed E-state index contributed by atoms with van der Waals surface area (Å²) in [6, 6.07) is 3.06. The van der Waals surface area contributed by atoms with Gasteiger partial charge in [-0.1, -0.05) is 11.6 Å². The highest BCUT2D eigenvalue weighted by atomic mass is 127. The lowest BCUT2D eigenvalue weighted by Gasteiger charge is -2.12. The van der Waals surface area contributed by atoms with Crippen LogP contribution in [0.25, 0.3) is 0 Å². The van der Waals surface area contributed by atoms with E-state index >= 15 is 0 Å². The van der Waals surface area contributed by atoms with Crippen LogP contribution in [0.1, 0.15) is 19.8 Å². The Morgan fingerprint density at radius 2 is 2.21 bits per heavy atom. The fourth-order valence-corrected chi connectivity index (χ4v) is 4.93. The van der Waals surface area contributed by atoms with Crippen LogP contribution < -0.4 is 15.4 Å². The Morgan fingerprint density at radius 3 is 2.86 bits per heavy atom. The van der Waals surface area contributed by atoms with Crippen LogP contribution >= 0.6 is 46.9 Å². The number of aliphatic imine (C=N–C) groups is 1. The molecule has 3 N–H and O–H groups in total. The molecule has 1 fully saturated rings. The van der Waals surface area contributed by atoms with Gasteiger partial charge in [-0.2, -0.15) is 0 Å². The van der Waals surface area contributed by atoms with Crippen molar-refractivity contribution in [3.05, 3.63) is 16.5 Å². The molecule has 1 aliphatic heterocycles. The Balaban J connectivity index is 0.00000392. The van der Waals surface area contributed by atoms with E-state index in [-0.39, 0.29) is 40.8 Å². The first-order valence-corrected chi connectivity index (χ1v) is 11.7. The second kappa shape index (κ2) is 13.9. The number of thiophene rings is 1. The van der Waals surface area contributed by atoms with E-state index in [9.17, 15) is 8.42 Å². The van der Waals surface area contributed by atoms with E-state index in [1.54, 1.807) is 6.07 Å². The minimum Gasteiger partial charge on any atom is -0.379 e. The smallest absolute Gasteiger partial charge is 0.250 e.